The summed E-state index contributed by atoms with van der Waals surface area (Å²) >= 11 is 0. The summed E-state index contributed by atoms with van der Waals surface area (Å²) in [6.45, 7) is 5.18. The predicted octanol–water partition coefficient (Wildman–Crippen LogP) is 1.98. The smallest absolute Gasteiger partial charge is 0.321 e. The molecule has 1 saturated heterocycles. The molecule has 1 atom stereocenters. The summed E-state index contributed by atoms with van der Waals surface area (Å²) < 4.78 is 0. The number of hydrogen-bond donors (Lipinski definition) is 1. The van der Waals surface area contributed by atoms with Crippen molar-refractivity contribution < 1.29 is 9.90 Å². The van der Waals surface area contributed by atoms with E-state index in [4.69, 9.17) is 0 Å². The molecule has 2 aliphatic heterocycles. The van der Waals surface area contributed by atoms with Crippen LogP contribution in [0.2, 0.25) is 0 Å². The number of nitrogens with zero attached hydrogens (tertiary/aromatic N) is 2. The Balaban J connectivity index is 1.60. The van der Waals surface area contributed by atoms with Crippen molar-refractivity contribution in [2.45, 2.75) is 38.3 Å². The van der Waals surface area contributed by atoms with E-state index in [1.54, 1.807) is 0 Å². The highest BCUT2D eigenvalue weighted by Gasteiger charge is 2.30. The van der Waals surface area contributed by atoms with Crippen LogP contribution in [0.4, 0.5) is 0 Å². The van der Waals surface area contributed by atoms with Crippen LogP contribution in [0.3, 0.4) is 0 Å². The second-order valence-electron chi connectivity index (χ2n) is 6.20. The van der Waals surface area contributed by atoms with Crippen LogP contribution in [0, 0.1) is 0 Å². The third-order valence-corrected chi connectivity index (χ3v) is 4.75. The largest absolute Gasteiger partial charge is 0.480 e. The minimum Gasteiger partial charge on any atom is -0.480 e. The maximum Gasteiger partial charge on any atom is 0.321 e. The van der Waals surface area contributed by atoms with Gasteiger partial charge in [0.2, 0.25) is 0 Å². The zero-order valence-electron chi connectivity index (χ0n) is 12.5. The minimum absolute atomic E-state index is 0.363. The molecule has 2 heterocycles. The first-order valence-electron chi connectivity index (χ1n) is 8.00. The fourth-order valence-electron chi connectivity index (χ4n) is 3.56. The van der Waals surface area contributed by atoms with Gasteiger partial charge in [0.1, 0.15) is 6.04 Å². The summed E-state index contributed by atoms with van der Waals surface area (Å²) in [6.07, 6.45) is 4.32. The molecule has 21 heavy (non-hydrogen) atoms. The number of carboxylic acid groups (broad SMARTS) is 1. The van der Waals surface area contributed by atoms with Gasteiger partial charge < -0.3 is 10.0 Å². The summed E-state index contributed by atoms with van der Waals surface area (Å²) in [6, 6.07) is 7.87. The van der Waals surface area contributed by atoms with Gasteiger partial charge in [-0.3, -0.25) is 9.69 Å². The van der Waals surface area contributed by atoms with Crippen LogP contribution >= 0.6 is 0 Å². The molecule has 0 amide bonds. The lowest BCUT2D eigenvalue weighted by Crippen LogP contribution is -2.46. The van der Waals surface area contributed by atoms with Crippen molar-refractivity contribution >= 4 is 5.97 Å². The normalized spacial score (nSPS) is 23.1. The zero-order chi connectivity index (χ0) is 14.7. The summed E-state index contributed by atoms with van der Waals surface area (Å²) in [5.74, 6) is -0.689. The highest BCUT2D eigenvalue weighted by molar-refractivity contribution is 5.74. The van der Waals surface area contributed by atoms with Gasteiger partial charge >= 0.3 is 5.97 Å². The first-order chi connectivity index (χ1) is 10.2. The van der Waals surface area contributed by atoms with Crippen LogP contribution in [0.15, 0.2) is 24.3 Å². The molecule has 1 aromatic carbocycles. The number of carboxylic acids is 1. The van der Waals surface area contributed by atoms with Crippen molar-refractivity contribution in [2.75, 3.05) is 26.2 Å². The van der Waals surface area contributed by atoms with Gasteiger partial charge in [-0.15, -0.1) is 0 Å². The van der Waals surface area contributed by atoms with Gasteiger partial charge in [0.05, 0.1) is 0 Å². The molecule has 4 nitrogen and oxygen atoms in total. The Morgan fingerprint density at radius 2 is 1.86 bits per heavy atom. The second-order valence-corrected chi connectivity index (χ2v) is 6.20. The van der Waals surface area contributed by atoms with Crippen LogP contribution < -0.4 is 0 Å². The van der Waals surface area contributed by atoms with Crippen LogP contribution in [0.1, 0.15) is 30.4 Å². The van der Waals surface area contributed by atoms with Gasteiger partial charge in [0.15, 0.2) is 0 Å². The van der Waals surface area contributed by atoms with E-state index in [1.165, 1.54) is 37.1 Å². The van der Waals surface area contributed by atoms with E-state index in [1.807, 2.05) is 12.1 Å². The lowest BCUT2D eigenvalue weighted by Gasteiger charge is -2.34. The fourth-order valence-corrected chi connectivity index (χ4v) is 3.56. The standard InChI is InChI=1S/C17H24N2O2/c20-17(21)16-12-14-6-1-2-7-15(14)13-19(16)11-5-10-18-8-3-4-9-18/h1-2,6-7,16H,3-5,8-13H2,(H,20,21). The Hall–Kier alpha value is -1.39. The van der Waals surface area contributed by atoms with Crippen LogP contribution in [-0.2, 0) is 17.8 Å². The molecule has 114 valence electrons. The molecular formula is C17H24N2O2. The molecule has 0 saturated carbocycles. The molecule has 3 rings (SSSR count). The van der Waals surface area contributed by atoms with Gasteiger partial charge in [-0.1, -0.05) is 24.3 Å². The van der Waals surface area contributed by atoms with E-state index in [0.717, 1.165) is 26.1 Å². The molecule has 0 aliphatic carbocycles. The maximum atomic E-state index is 11.5. The average molecular weight is 288 g/mol. The third-order valence-electron chi connectivity index (χ3n) is 4.75. The number of aliphatic carboxylic acids is 1. The van der Waals surface area contributed by atoms with E-state index in [9.17, 15) is 9.90 Å². The monoisotopic (exact) mass is 288 g/mol. The van der Waals surface area contributed by atoms with Crippen LogP contribution in [0.25, 0.3) is 0 Å². The highest BCUT2D eigenvalue weighted by Crippen LogP contribution is 2.23. The number of likely N-dealkylation sites (tertiary alicyclic amines) is 1. The van der Waals surface area contributed by atoms with Crippen molar-refractivity contribution in [3.8, 4) is 0 Å². The summed E-state index contributed by atoms with van der Waals surface area (Å²) in [5, 5.41) is 9.49. The molecule has 1 unspecified atom stereocenters. The molecule has 2 aliphatic rings. The topological polar surface area (TPSA) is 43.8 Å². The Labute approximate surface area is 126 Å². The molecule has 1 aromatic rings. The Morgan fingerprint density at radius 3 is 2.57 bits per heavy atom. The van der Waals surface area contributed by atoms with Crippen molar-refractivity contribution in [3.05, 3.63) is 35.4 Å². The van der Waals surface area contributed by atoms with Crippen molar-refractivity contribution in [3.63, 3.8) is 0 Å². The highest BCUT2D eigenvalue weighted by atomic mass is 16.4. The zero-order valence-corrected chi connectivity index (χ0v) is 12.5. The number of rotatable bonds is 5. The first-order valence-corrected chi connectivity index (χ1v) is 8.00. The van der Waals surface area contributed by atoms with Crippen molar-refractivity contribution in [2.24, 2.45) is 0 Å². The third kappa shape index (κ3) is 3.44. The molecule has 0 aromatic heterocycles. The molecule has 1 fully saturated rings. The van der Waals surface area contributed by atoms with E-state index in [2.05, 4.69) is 21.9 Å². The van der Waals surface area contributed by atoms with Gasteiger partial charge in [-0.05, 0) is 56.4 Å². The van der Waals surface area contributed by atoms with Gasteiger partial charge in [0.25, 0.3) is 0 Å². The van der Waals surface area contributed by atoms with E-state index >= 15 is 0 Å². The van der Waals surface area contributed by atoms with E-state index in [-0.39, 0.29) is 6.04 Å². The van der Waals surface area contributed by atoms with Crippen molar-refractivity contribution in [1.29, 1.82) is 0 Å². The molecule has 0 radical (unpaired) electrons. The molecule has 1 N–H and O–H groups in total. The van der Waals surface area contributed by atoms with E-state index in [0.29, 0.717) is 6.42 Å². The quantitative estimate of drug-likeness (QED) is 0.900. The minimum atomic E-state index is -0.689. The molecular weight excluding hydrogens is 264 g/mol. The number of fused-ring (bicyclic) bond motifs is 1. The maximum absolute atomic E-state index is 11.5. The van der Waals surface area contributed by atoms with E-state index < -0.39 is 5.97 Å². The Bertz CT molecular complexity index is 497. The number of carbonyl (C=O) groups is 1. The Morgan fingerprint density at radius 1 is 1.14 bits per heavy atom. The van der Waals surface area contributed by atoms with Crippen LogP contribution in [0.5, 0.6) is 0 Å². The lowest BCUT2D eigenvalue weighted by molar-refractivity contribution is -0.144. The SMILES string of the molecule is O=C(O)C1Cc2ccccc2CN1CCCN1CCCC1. The summed E-state index contributed by atoms with van der Waals surface area (Å²) in [4.78, 5) is 16.2. The van der Waals surface area contributed by atoms with Gasteiger partial charge in [-0.2, -0.15) is 0 Å². The molecule has 4 heteroatoms. The van der Waals surface area contributed by atoms with Crippen molar-refractivity contribution in [1.82, 2.24) is 9.80 Å². The fraction of sp³-hybridized carbons (Fsp3) is 0.588. The summed E-state index contributed by atoms with van der Waals surface area (Å²) in [5.41, 5.74) is 2.48. The van der Waals surface area contributed by atoms with Crippen LogP contribution in [-0.4, -0.2) is 53.1 Å². The molecule has 0 spiro atoms. The summed E-state index contributed by atoms with van der Waals surface area (Å²) in [7, 11) is 0. The predicted molar refractivity (Wildman–Crippen MR) is 82.3 cm³/mol. The van der Waals surface area contributed by atoms with Gasteiger partial charge in [0, 0.05) is 13.1 Å². The lowest BCUT2D eigenvalue weighted by atomic mass is 9.94. The number of hydrogen-bond acceptors (Lipinski definition) is 3. The molecule has 0 bridgehead atoms. The van der Waals surface area contributed by atoms with Gasteiger partial charge in [-0.25, -0.2) is 0 Å². The second kappa shape index (κ2) is 6.58. The Kier molecular flexibility index (Phi) is 4.56. The number of benzene rings is 1. The average Bonchev–Trinajstić information content (AvgIpc) is 2.99. The first kappa shape index (κ1) is 14.5.